The Hall–Kier alpha value is -2.10. The van der Waals surface area contributed by atoms with Gasteiger partial charge in [0, 0.05) is 5.39 Å². The summed E-state index contributed by atoms with van der Waals surface area (Å²) in [4.78, 5) is 15.6. The van der Waals surface area contributed by atoms with Crippen LogP contribution in [0.1, 0.15) is 5.56 Å². The third-order valence-electron chi connectivity index (χ3n) is 2.43. The van der Waals surface area contributed by atoms with Crippen LogP contribution in [-0.2, 0) is 0 Å². The molecule has 2 aromatic heterocycles. The van der Waals surface area contributed by atoms with Gasteiger partial charge >= 0.3 is 5.63 Å². The van der Waals surface area contributed by atoms with Crippen molar-refractivity contribution in [1.82, 2.24) is 10.1 Å². The second-order valence-electron chi connectivity index (χ2n) is 3.57. The number of aromatic amines is 1. The molecule has 0 bridgehead atoms. The summed E-state index contributed by atoms with van der Waals surface area (Å²) in [7, 11) is 0. The summed E-state index contributed by atoms with van der Waals surface area (Å²) in [5.41, 5.74) is 2.12. The molecule has 0 saturated heterocycles. The van der Waals surface area contributed by atoms with Gasteiger partial charge in [0.1, 0.15) is 5.39 Å². The average molecular weight is 200 g/mol. The van der Waals surface area contributed by atoms with Crippen LogP contribution in [0.3, 0.4) is 0 Å². The molecule has 3 rings (SSSR count). The van der Waals surface area contributed by atoms with Gasteiger partial charge in [-0.25, -0.2) is 9.78 Å². The van der Waals surface area contributed by atoms with Crippen LogP contribution >= 0.6 is 0 Å². The zero-order valence-corrected chi connectivity index (χ0v) is 8.07. The van der Waals surface area contributed by atoms with E-state index < -0.39 is 0 Å². The van der Waals surface area contributed by atoms with Crippen molar-refractivity contribution < 1.29 is 4.52 Å². The Kier molecular flexibility index (Phi) is 1.48. The monoisotopic (exact) mass is 200 g/mol. The summed E-state index contributed by atoms with van der Waals surface area (Å²) in [6, 6.07) is 7.70. The molecule has 0 unspecified atom stereocenters. The summed E-state index contributed by atoms with van der Waals surface area (Å²) in [5.74, 6) is 0. The quantitative estimate of drug-likeness (QED) is 0.603. The minimum Gasteiger partial charge on any atom is -0.336 e. The number of hydrogen-bond donors (Lipinski definition) is 1. The van der Waals surface area contributed by atoms with E-state index in [9.17, 15) is 4.79 Å². The molecule has 1 N–H and O–H groups in total. The molecule has 0 fully saturated rings. The summed E-state index contributed by atoms with van der Waals surface area (Å²) < 4.78 is 4.67. The van der Waals surface area contributed by atoms with Crippen LogP contribution in [0.25, 0.3) is 21.9 Å². The molecule has 0 saturated carbocycles. The molecule has 0 spiro atoms. The van der Waals surface area contributed by atoms with E-state index in [2.05, 4.69) is 14.7 Å². The molecule has 15 heavy (non-hydrogen) atoms. The van der Waals surface area contributed by atoms with Gasteiger partial charge in [-0.05, 0) is 24.6 Å². The number of aromatic nitrogens is 2. The topological polar surface area (TPSA) is 58.9 Å². The largest absolute Gasteiger partial charge is 0.366 e. The molecule has 0 aliphatic rings. The van der Waals surface area contributed by atoms with Crippen molar-refractivity contribution in [1.29, 1.82) is 0 Å². The fourth-order valence-corrected chi connectivity index (χ4v) is 1.66. The molecule has 1 aromatic carbocycles. The minimum atomic E-state index is -0.375. The van der Waals surface area contributed by atoms with Gasteiger partial charge in [-0.2, -0.15) is 5.16 Å². The van der Waals surface area contributed by atoms with Gasteiger partial charge < -0.3 is 4.52 Å². The van der Waals surface area contributed by atoms with Crippen molar-refractivity contribution in [3.63, 3.8) is 0 Å². The maximum atomic E-state index is 11.3. The first-order valence-electron chi connectivity index (χ1n) is 4.62. The lowest BCUT2D eigenvalue weighted by atomic mass is 10.1. The summed E-state index contributed by atoms with van der Waals surface area (Å²) >= 11 is 0. The zero-order chi connectivity index (χ0) is 10.4. The summed E-state index contributed by atoms with van der Waals surface area (Å²) in [6.45, 7) is 2.00. The number of benzene rings is 1. The van der Waals surface area contributed by atoms with E-state index in [1.54, 1.807) is 6.07 Å². The molecule has 4 nitrogen and oxygen atoms in total. The van der Waals surface area contributed by atoms with Crippen LogP contribution in [0.2, 0.25) is 0 Å². The molecule has 0 aliphatic heterocycles. The highest BCUT2D eigenvalue weighted by Gasteiger charge is 2.05. The highest BCUT2D eigenvalue weighted by molar-refractivity contribution is 5.90. The molecular weight excluding hydrogens is 192 g/mol. The molecular formula is C11H8N2O2. The van der Waals surface area contributed by atoms with Gasteiger partial charge in [0.15, 0.2) is 5.65 Å². The Bertz CT molecular complexity index is 709. The van der Waals surface area contributed by atoms with E-state index in [-0.39, 0.29) is 5.63 Å². The number of aryl methyl sites for hydroxylation is 1. The van der Waals surface area contributed by atoms with Crippen molar-refractivity contribution in [2.45, 2.75) is 6.92 Å². The lowest BCUT2D eigenvalue weighted by Crippen LogP contribution is -1.91. The SMILES string of the molecule is Cc1ccc2cc3c(=O)o[nH]c3nc2c1. The average Bonchev–Trinajstić information content (AvgIpc) is 2.57. The number of pyridine rings is 1. The first kappa shape index (κ1) is 8.23. The first-order valence-corrected chi connectivity index (χ1v) is 4.62. The van der Waals surface area contributed by atoms with E-state index in [1.165, 1.54) is 0 Å². The Morgan fingerprint density at radius 3 is 3.07 bits per heavy atom. The molecule has 0 aliphatic carbocycles. The molecule has 4 heteroatoms. The predicted molar refractivity (Wildman–Crippen MR) is 56.9 cm³/mol. The van der Waals surface area contributed by atoms with Crippen molar-refractivity contribution in [3.05, 3.63) is 40.2 Å². The fraction of sp³-hybridized carbons (Fsp3) is 0.0909. The van der Waals surface area contributed by atoms with E-state index in [0.29, 0.717) is 11.0 Å². The predicted octanol–water partition coefficient (Wildman–Crippen LogP) is 1.98. The Morgan fingerprint density at radius 1 is 1.33 bits per heavy atom. The minimum absolute atomic E-state index is 0.375. The molecule has 0 amide bonds. The zero-order valence-electron chi connectivity index (χ0n) is 8.07. The lowest BCUT2D eigenvalue weighted by molar-refractivity contribution is 0.398. The van der Waals surface area contributed by atoms with Crippen LogP contribution in [-0.4, -0.2) is 10.1 Å². The van der Waals surface area contributed by atoms with Gasteiger partial charge in [-0.3, -0.25) is 0 Å². The number of nitrogens with zero attached hydrogens (tertiary/aromatic N) is 1. The van der Waals surface area contributed by atoms with Crippen molar-refractivity contribution in [2.75, 3.05) is 0 Å². The van der Waals surface area contributed by atoms with Crippen LogP contribution in [0.5, 0.6) is 0 Å². The number of H-pyrrole nitrogens is 1. The van der Waals surface area contributed by atoms with Gasteiger partial charge in [0.2, 0.25) is 0 Å². The molecule has 3 aromatic rings. The van der Waals surface area contributed by atoms with Gasteiger partial charge in [0.25, 0.3) is 0 Å². The van der Waals surface area contributed by atoms with Crippen LogP contribution in [0, 0.1) is 6.92 Å². The number of hydrogen-bond acceptors (Lipinski definition) is 3. The third kappa shape index (κ3) is 1.15. The van der Waals surface area contributed by atoms with Gasteiger partial charge in [-0.15, -0.1) is 0 Å². The normalized spacial score (nSPS) is 11.3. The summed E-state index contributed by atoms with van der Waals surface area (Å²) in [5, 5.41) is 3.94. The maximum absolute atomic E-state index is 11.3. The number of rotatable bonds is 0. The van der Waals surface area contributed by atoms with Gasteiger partial charge in [0.05, 0.1) is 5.52 Å². The van der Waals surface area contributed by atoms with Crippen molar-refractivity contribution >= 4 is 21.9 Å². The standard InChI is InChI=1S/C11H8N2O2/c1-6-2-3-7-5-8-10(12-9(7)4-6)13-15-11(8)14/h2-5H,1H3,(H,12,13). The summed E-state index contributed by atoms with van der Waals surface area (Å²) in [6.07, 6.45) is 0. The van der Waals surface area contributed by atoms with Crippen LogP contribution in [0.15, 0.2) is 33.6 Å². The highest BCUT2D eigenvalue weighted by atomic mass is 16.5. The van der Waals surface area contributed by atoms with E-state index in [4.69, 9.17) is 0 Å². The Morgan fingerprint density at radius 2 is 2.20 bits per heavy atom. The number of fused-ring (bicyclic) bond motifs is 2. The van der Waals surface area contributed by atoms with Crippen LogP contribution in [0.4, 0.5) is 0 Å². The molecule has 74 valence electrons. The second kappa shape index (κ2) is 2.70. The van der Waals surface area contributed by atoms with Crippen molar-refractivity contribution in [2.24, 2.45) is 0 Å². The maximum Gasteiger partial charge on any atom is 0.366 e. The van der Waals surface area contributed by atoms with Gasteiger partial charge in [-0.1, -0.05) is 12.1 Å². The highest BCUT2D eigenvalue weighted by Crippen LogP contribution is 2.17. The van der Waals surface area contributed by atoms with E-state index in [0.717, 1.165) is 16.5 Å². The van der Waals surface area contributed by atoms with E-state index >= 15 is 0 Å². The Balaban J connectivity index is 2.54. The first-order chi connectivity index (χ1) is 7.24. The molecule has 0 radical (unpaired) electrons. The van der Waals surface area contributed by atoms with Crippen LogP contribution < -0.4 is 5.63 Å². The van der Waals surface area contributed by atoms with E-state index in [1.807, 2.05) is 25.1 Å². The Labute approximate surface area is 84.5 Å². The molecule has 0 atom stereocenters. The van der Waals surface area contributed by atoms with Crippen molar-refractivity contribution in [3.8, 4) is 0 Å². The fourth-order valence-electron chi connectivity index (χ4n) is 1.66. The lowest BCUT2D eigenvalue weighted by Gasteiger charge is -1.97. The second-order valence-corrected chi connectivity index (χ2v) is 3.57. The third-order valence-corrected chi connectivity index (χ3v) is 2.43. The number of nitrogens with one attached hydrogen (secondary N) is 1. The smallest absolute Gasteiger partial charge is 0.336 e. The molecule has 2 heterocycles.